The van der Waals surface area contributed by atoms with Crippen LogP contribution in [-0.2, 0) is 4.79 Å². The number of nitro benzene ring substituents is 1. The zero-order valence-electron chi connectivity index (χ0n) is 12.9. The molecule has 3 rings (SSSR count). The lowest BCUT2D eigenvalue weighted by Crippen LogP contribution is -2.27. The predicted molar refractivity (Wildman–Crippen MR) is 104 cm³/mol. The van der Waals surface area contributed by atoms with Gasteiger partial charge in [0.15, 0.2) is 4.32 Å². The number of nitrogens with zero attached hydrogens (tertiary/aromatic N) is 2. The van der Waals surface area contributed by atoms with Crippen molar-refractivity contribution >= 4 is 51.7 Å². The average molecular weight is 368 g/mol. The van der Waals surface area contributed by atoms with Crippen LogP contribution in [0, 0.1) is 10.1 Å². The summed E-state index contributed by atoms with van der Waals surface area (Å²) in [5, 5.41) is 10.9. The van der Waals surface area contributed by atoms with Gasteiger partial charge in [-0.05, 0) is 17.7 Å². The van der Waals surface area contributed by atoms with Gasteiger partial charge >= 0.3 is 0 Å². The van der Waals surface area contributed by atoms with E-state index in [9.17, 15) is 14.9 Å². The molecule has 0 radical (unpaired) electrons. The van der Waals surface area contributed by atoms with Crippen LogP contribution in [0.3, 0.4) is 0 Å². The molecule has 2 aromatic carbocycles. The molecule has 5 nitrogen and oxygen atoms in total. The van der Waals surface area contributed by atoms with E-state index in [1.807, 2.05) is 36.4 Å². The Labute approximate surface area is 153 Å². The van der Waals surface area contributed by atoms with Crippen LogP contribution in [0.4, 0.5) is 11.4 Å². The maximum absolute atomic E-state index is 12.6. The quantitative estimate of drug-likeness (QED) is 0.343. The molecule has 0 saturated carbocycles. The summed E-state index contributed by atoms with van der Waals surface area (Å²) in [4.78, 5) is 24.8. The first-order valence-corrected chi connectivity index (χ1v) is 8.53. The molecule has 1 heterocycles. The Bertz CT molecular complexity index is 908. The van der Waals surface area contributed by atoms with Gasteiger partial charge in [-0.1, -0.05) is 72.5 Å². The van der Waals surface area contributed by atoms with E-state index < -0.39 is 4.92 Å². The monoisotopic (exact) mass is 368 g/mol. The van der Waals surface area contributed by atoms with Crippen molar-refractivity contribution < 1.29 is 9.72 Å². The number of hydrogen-bond donors (Lipinski definition) is 0. The van der Waals surface area contributed by atoms with Crippen molar-refractivity contribution in [3.05, 3.63) is 87.3 Å². The van der Waals surface area contributed by atoms with Crippen LogP contribution in [0.15, 0.2) is 71.7 Å². The molecule has 0 atom stereocenters. The molecule has 1 amide bonds. The second-order valence-corrected chi connectivity index (χ2v) is 6.76. The van der Waals surface area contributed by atoms with Crippen molar-refractivity contribution in [1.29, 1.82) is 0 Å². The second kappa shape index (κ2) is 7.42. The van der Waals surface area contributed by atoms with E-state index in [4.69, 9.17) is 12.2 Å². The Morgan fingerprint density at radius 3 is 2.60 bits per heavy atom. The third-order valence-electron chi connectivity index (χ3n) is 3.43. The van der Waals surface area contributed by atoms with Crippen LogP contribution in [-0.4, -0.2) is 15.2 Å². The first-order chi connectivity index (χ1) is 12.1. The Morgan fingerprint density at radius 1 is 1.12 bits per heavy atom. The lowest BCUT2D eigenvalue weighted by atomic mass is 10.2. The number of nitro groups is 1. The number of anilines is 1. The van der Waals surface area contributed by atoms with E-state index in [2.05, 4.69) is 0 Å². The summed E-state index contributed by atoms with van der Waals surface area (Å²) in [5.74, 6) is -0.284. The zero-order chi connectivity index (χ0) is 17.8. The number of thioether (sulfide) groups is 1. The third-order valence-corrected chi connectivity index (χ3v) is 4.75. The first kappa shape index (κ1) is 17.1. The van der Waals surface area contributed by atoms with Crippen LogP contribution in [0.5, 0.6) is 0 Å². The fourth-order valence-corrected chi connectivity index (χ4v) is 3.51. The maximum atomic E-state index is 12.6. The molecular weight excluding hydrogens is 356 g/mol. The van der Waals surface area contributed by atoms with Crippen molar-refractivity contribution in [1.82, 2.24) is 0 Å². The SMILES string of the molecule is O=C1/C(=C/C=C/c2ccccc2)SC(=S)N1c1cccc([N+](=O)[O-])c1. The summed E-state index contributed by atoms with van der Waals surface area (Å²) >= 11 is 6.44. The molecule has 2 aromatic rings. The largest absolute Gasteiger partial charge is 0.271 e. The highest BCUT2D eigenvalue weighted by molar-refractivity contribution is 8.27. The summed E-state index contributed by atoms with van der Waals surface area (Å²) in [7, 11) is 0. The number of carbonyl (C=O) groups is 1. The highest BCUT2D eigenvalue weighted by Gasteiger charge is 2.33. The fourth-order valence-electron chi connectivity index (χ4n) is 2.26. The van der Waals surface area contributed by atoms with Crippen molar-refractivity contribution in [2.45, 2.75) is 0 Å². The minimum Gasteiger partial charge on any atom is -0.268 e. The van der Waals surface area contributed by atoms with Crippen molar-refractivity contribution in [2.75, 3.05) is 4.90 Å². The molecule has 7 heteroatoms. The van der Waals surface area contributed by atoms with Gasteiger partial charge in [0, 0.05) is 12.1 Å². The number of amides is 1. The maximum Gasteiger partial charge on any atom is 0.271 e. The summed E-state index contributed by atoms with van der Waals surface area (Å²) in [6.07, 6.45) is 5.37. The van der Waals surface area contributed by atoms with Gasteiger partial charge in [-0.3, -0.25) is 19.8 Å². The molecule has 0 unspecified atom stereocenters. The number of thiocarbonyl (C=S) groups is 1. The molecule has 0 N–H and O–H groups in total. The standard InChI is InChI=1S/C18H12N2O3S2/c21-17-16(11-4-8-13-6-2-1-3-7-13)25-18(24)19(17)14-9-5-10-15(12-14)20(22)23/h1-12H/b8-4+,16-11-. The zero-order valence-corrected chi connectivity index (χ0v) is 14.5. The minimum absolute atomic E-state index is 0.0838. The van der Waals surface area contributed by atoms with Crippen molar-refractivity contribution in [3.63, 3.8) is 0 Å². The molecule has 0 bridgehead atoms. The Hall–Kier alpha value is -2.77. The summed E-state index contributed by atoms with van der Waals surface area (Å²) < 4.78 is 0.352. The van der Waals surface area contributed by atoms with Crippen LogP contribution in [0.2, 0.25) is 0 Å². The second-order valence-electron chi connectivity index (χ2n) is 5.09. The number of benzene rings is 2. The summed E-state index contributed by atoms with van der Waals surface area (Å²) in [5.41, 5.74) is 1.33. The normalized spacial score (nSPS) is 16.2. The van der Waals surface area contributed by atoms with E-state index >= 15 is 0 Å². The van der Waals surface area contributed by atoms with Gasteiger partial charge in [0.1, 0.15) is 0 Å². The molecule has 1 aliphatic rings. The van der Waals surface area contributed by atoms with Gasteiger partial charge < -0.3 is 0 Å². The van der Waals surface area contributed by atoms with Crippen LogP contribution >= 0.6 is 24.0 Å². The van der Waals surface area contributed by atoms with Gasteiger partial charge in [-0.25, -0.2) is 0 Å². The highest BCUT2D eigenvalue weighted by atomic mass is 32.2. The summed E-state index contributed by atoms with van der Waals surface area (Å²) in [6, 6.07) is 15.6. The van der Waals surface area contributed by atoms with Crippen LogP contribution in [0.25, 0.3) is 6.08 Å². The van der Waals surface area contributed by atoms with Gasteiger partial charge in [0.2, 0.25) is 0 Å². The lowest BCUT2D eigenvalue weighted by molar-refractivity contribution is -0.384. The Kier molecular flexibility index (Phi) is 5.06. The number of non-ortho nitro benzene ring substituents is 1. The van der Waals surface area contributed by atoms with E-state index in [1.165, 1.54) is 34.9 Å². The van der Waals surface area contributed by atoms with Crippen LogP contribution < -0.4 is 4.90 Å². The van der Waals surface area contributed by atoms with Gasteiger partial charge in [-0.15, -0.1) is 0 Å². The average Bonchev–Trinajstić information content (AvgIpc) is 2.90. The molecule has 0 aliphatic carbocycles. The number of hydrogen-bond acceptors (Lipinski definition) is 5. The van der Waals surface area contributed by atoms with E-state index in [0.717, 1.165) is 5.56 Å². The summed E-state index contributed by atoms with van der Waals surface area (Å²) in [6.45, 7) is 0. The first-order valence-electron chi connectivity index (χ1n) is 7.30. The molecule has 124 valence electrons. The predicted octanol–water partition coefficient (Wildman–Crippen LogP) is 4.56. The van der Waals surface area contributed by atoms with E-state index in [-0.39, 0.29) is 11.6 Å². The molecule has 0 spiro atoms. The minimum atomic E-state index is -0.500. The topological polar surface area (TPSA) is 63.5 Å². The number of carbonyl (C=O) groups excluding carboxylic acids is 1. The van der Waals surface area contributed by atoms with Crippen LogP contribution in [0.1, 0.15) is 5.56 Å². The number of allylic oxidation sites excluding steroid dienone is 2. The molecule has 25 heavy (non-hydrogen) atoms. The molecule has 1 fully saturated rings. The van der Waals surface area contributed by atoms with E-state index in [0.29, 0.717) is 14.9 Å². The van der Waals surface area contributed by atoms with Crippen molar-refractivity contribution in [2.24, 2.45) is 0 Å². The Morgan fingerprint density at radius 2 is 1.88 bits per heavy atom. The molecular formula is C18H12N2O3S2. The van der Waals surface area contributed by atoms with Crippen molar-refractivity contribution in [3.8, 4) is 0 Å². The Balaban J connectivity index is 1.83. The molecule has 1 aliphatic heterocycles. The third kappa shape index (κ3) is 3.84. The van der Waals surface area contributed by atoms with Gasteiger partial charge in [0.25, 0.3) is 11.6 Å². The highest BCUT2D eigenvalue weighted by Crippen LogP contribution is 2.35. The molecule has 1 saturated heterocycles. The number of rotatable bonds is 4. The lowest BCUT2D eigenvalue weighted by Gasteiger charge is -2.13. The fraction of sp³-hybridized carbons (Fsp3) is 0. The molecule has 0 aromatic heterocycles. The van der Waals surface area contributed by atoms with E-state index in [1.54, 1.807) is 18.2 Å². The smallest absolute Gasteiger partial charge is 0.268 e. The van der Waals surface area contributed by atoms with Gasteiger partial charge in [-0.2, -0.15) is 0 Å². The van der Waals surface area contributed by atoms with Gasteiger partial charge in [0.05, 0.1) is 15.5 Å².